The van der Waals surface area contributed by atoms with Crippen molar-refractivity contribution in [1.82, 2.24) is 4.98 Å². The molecule has 0 bridgehead atoms. The lowest BCUT2D eigenvalue weighted by atomic mass is 10.1. The van der Waals surface area contributed by atoms with Gasteiger partial charge < -0.3 is 5.73 Å². The summed E-state index contributed by atoms with van der Waals surface area (Å²) in [4.78, 5) is 6.21. The van der Waals surface area contributed by atoms with Gasteiger partial charge in [-0.15, -0.1) is 22.7 Å². The van der Waals surface area contributed by atoms with E-state index in [0.717, 1.165) is 27.7 Å². The van der Waals surface area contributed by atoms with Gasteiger partial charge in [-0.25, -0.2) is 4.98 Å². The maximum Gasteiger partial charge on any atom is 0.127 e. The number of nitrogens with zero attached hydrogens (tertiary/aromatic N) is 1. The summed E-state index contributed by atoms with van der Waals surface area (Å²) in [5.74, 6) is 2.30. The topological polar surface area (TPSA) is 38.9 Å². The number of nitrogens with two attached hydrogens (primary N) is 1. The number of thioether (sulfide) groups is 1. The van der Waals surface area contributed by atoms with Gasteiger partial charge >= 0.3 is 0 Å². The zero-order valence-electron chi connectivity index (χ0n) is 10.2. The van der Waals surface area contributed by atoms with Crippen LogP contribution in [0.15, 0.2) is 24.3 Å². The Morgan fingerprint density at radius 3 is 2.95 bits per heavy atom. The summed E-state index contributed by atoms with van der Waals surface area (Å²) in [5, 5.41) is 2.02. The summed E-state index contributed by atoms with van der Waals surface area (Å²) in [6.07, 6.45) is 1.12. The molecule has 0 saturated heterocycles. The largest absolute Gasteiger partial charge is 0.390 e. The van der Waals surface area contributed by atoms with Crippen molar-refractivity contribution in [3.05, 3.63) is 34.7 Å². The molecular weight excluding hydrogens is 292 g/mol. The van der Waals surface area contributed by atoms with Crippen molar-refractivity contribution in [2.45, 2.75) is 12.2 Å². The van der Waals surface area contributed by atoms with Crippen molar-refractivity contribution >= 4 is 49.7 Å². The number of rotatable bonds is 1. The molecular formula is C14H12N2S3. The summed E-state index contributed by atoms with van der Waals surface area (Å²) in [6, 6.07) is 8.30. The highest BCUT2D eigenvalue weighted by Gasteiger charge is 2.22. The van der Waals surface area contributed by atoms with Gasteiger partial charge in [-0.1, -0.05) is 12.1 Å². The van der Waals surface area contributed by atoms with Gasteiger partial charge in [-0.3, -0.25) is 0 Å². The third kappa shape index (κ3) is 1.88. The summed E-state index contributed by atoms with van der Waals surface area (Å²) in [6.45, 7) is 0. The number of benzene rings is 1. The van der Waals surface area contributed by atoms with Crippen LogP contribution in [0.2, 0.25) is 0 Å². The Hall–Kier alpha value is -1.04. The van der Waals surface area contributed by atoms with Crippen LogP contribution in [0.5, 0.6) is 0 Å². The van der Waals surface area contributed by atoms with E-state index in [2.05, 4.69) is 18.2 Å². The van der Waals surface area contributed by atoms with E-state index in [1.165, 1.54) is 26.5 Å². The Labute approximate surface area is 123 Å². The minimum atomic E-state index is 0.937. The molecule has 5 heteroatoms. The Balaban J connectivity index is 1.94. The lowest BCUT2D eigenvalue weighted by molar-refractivity contribution is 1.12. The number of hydrogen-bond acceptors (Lipinski definition) is 5. The first-order chi connectivity index (χ1) is 9.33. The lowest BCUT2D eigenvalue weighted by Gasteiger charge is -2.11. The summed E-state index contributed by atoms with van der Waals surface area (Å²) in [7, 11) is 0. The first kappa shape index (κ1) is 11.8. The van der Waals surface area contributed by atoms with Gasteiger partial charge in [0.15, 0.2) is 0 Å². The molecule has 1 aromatic carbocycles. The summed E-state index contributed by atoms with van der Waals surface area (Å²) in [5.41, 5.74) is 9.98. The van der Waals surface area contributed by atoms with E-state index < -0.39 is 0 Å². The van der Waals surface area contributed by atoms with Crippen LogP contribution in [0.4, 0.5) is 5.00 Å². The molecule has 0 radical (unpaired) electrons. The van der Waals surface area contributed by atoms with E-state index in [4.69, 9.17) is 10.7 Å². The SMILES string of the molecule is Nc1sc2c(c1-c1nc3ccccc3s1)CCSC2. The lowest BCUT2D eigenvalue weighted by Crippen LogP contribution is -1.99. The number of anilines is 1. The molecule has 0 fully saturated rings. The van der Waals surface area contributed by atoms with Crippen molar-refractivity contribution < 1.29 is 0 Å². The molecule has 0 aliphatic carbocycles. The highest BCUT2D eigenvalue weighted by Crippen LogP contribution is 2.45. The third-order valence-corrected chi connectivity index (χ3v) is 6.64. The minimum Gasteiger partial charge on any atom is -0.390 e. The molecule has 2 aromatic heterocycles. The third-order valence-electron chi connectivity index (χ3n) is 3.36. The van der Waals surface area contributed by atoms with Gasteiger partial charge in [0.05, 0.1) is 15.2 Å². The number of nitrogen functional groups attached to an aromatic ring is 1. The number of thiazole rings is 1. The average Bonchev–Trinajstić information content (AvgIpc) is 2.97. The molecule has 2 N–H and O–H groups in total. The van der Waals surface area contributed by atoms with Gasteiger partial charge in [0, 0.05) is 16.2 Å². The predicted octanol–water partition coefficient (Wildman–Crippen LogP) is 4.40. The van der Waals surface area contributed by atoms with Gasteiger partial charge in [-0.2, -0.15) is 11.8 Å². The number of thiophene rings is 1. The van der Waals surface area contributed by atoms with Crippen LogP contribution in [-0.4, -0.2) is 10.7 Å². The maximum atomic E-state index is 6.25. The van der Waals surface area contributed by atoms with E-state index in [0.29, 0.717) is 0 Å². The smallest absolute Gasteiger partial charge is 0.127 e. The van der Waals surface area contributed by atoms with Crippen LogP contribution in [-0.2, 0) is 12.2 Å². The number of hydrogen-bond donors (Lipinski definition) is 1. The Kier molecular flexibility index (Phi) is 2.79. The van der Waals surface area contributed by atoms with Crippen LogP contribution >= 0.6 is 34.4 Å². The van der Waals surface area contributed by atoms with E-state index >= 15 is 0 Å². The molecule has 4 rings (SSSR count). The van der Waals surface area contributed by atoms with Gasteiger partial charge in [0.2, 0.25) is 0 Å². The summed E-state index contributed by atoms with van der Waals surface area (Å²) >= 11 is 5.49. The molecule has 1 aliphatic heterocycles. The van der Waals surface area contributed by atoms with Gasteiger partial charge in [0.1, 0.15) is 5.01 Å². The molecule has 96 valence electrons. The van der Waals surface area contributed by atoms with E-state index in [-0.39, 0.29) is 0 Å². The Morgan fingerprint density at radius 2 is 2.05 bits per heavy atom. The first-order valence-electron chi connectivity index (χ1n) is 6.16. The van der Waals surface area contributed by atoms with E-state index in [9.17, 15) is 0 Å². The quantitative estimate of drug-likeness (QED) is 0.724. The molecule has 1 aliphatic rings. The molecule has 19 heavy (non-hydrogen) atoms. The van der Waals surface area contributed by atoms with Crippen molar-refractivity contribution in [2.75, 3.05) is 11.5 Å². The van der Waals surface area contributed by atoms with Crippen molar-refractivity contribution in [3.63, 3.8) is 0 Å². The zero-order valence-corrected chi connectivity index (χ0v) is 12.6. The highest BCUT2D eigenvalue weighted by molar-refractivity contribution is 7.98. The van der Waals surface area contributed by atoms with Crippen LogP contribution in [0.3, 0.4) is 0 Å². The van der Waals surface area contributed by atoms with Crippen LogP contribution in [0.1, 0.15) is 10.4 Å². The standard InChI is InChI=1S/C14H12N2S3/c15-13-12(8-5-6-17-7-11(8)18-13)14-16-9-3-1-2-4-10(9)19-14/h1-4H,5-7,15H2. The molecule has 2 nitrogen and oxygen atoms in total. The van der Waals surface area contributed by atoms with Crippen molar-refractivity contribution in [3.8, 4) is 10.6 Å². The highest BCUT2D eigenvalue weighted by atomic mass is 32.2. The Bertz CT molecular complexity index is 724. The normalized spacial score (nSPS) is 14.7. The predicted molar refractivity (Wildman–Crippen MR) is 87.2 cm³/mol. The monoisotopic (exact) mass is 304 g/mol. The second-order valence-corrected chi connectivity index (χ2v) is 7.80. The fourth-order valence-electron chi connectivity index (χ4n) is 2.47. The van der Waals surface area contributed by atoms with E-state index in [1.54, 1.807) is 22.7 Å². The maximum absolute atomic E-state index is 6.25. The van der Waals surface area contributed by atoms with Gasteiger partial charge in [0.25, 0.3) is 0 Å². The van der Waals surface area contributed by atoms with Crippen LogP contribution < -0.4 is 5.73 Å². The second-order valence-electron chi connectivity index (χ2n) is 4.53. The van der Waals surface area contributed by atoms with Crippen LogP contribution in [0, 0.1) is 0 Å². The van der Waals surface area contributed by atoms with E-state index in [1.807, 2.05) is 17.8 Å². The molecule has 0 amide bonds. The molecule has 0 atom stereocenters. The van der Waals surface area contributed by atoms with Crippen molar-refractivity contribution in [1.29, 1.82) is 0 Å². The minimum absolute atomic E-state index is 0.937. The van der Waals surface area contributed by atoms with Gasteiger partial charge in [-0.05, 0) is 29.9 Å². The van der Waals surface area contributed by atoms with Crippen molar-refractivity contribution in [2.24, 2.45) is 0 Å². The average molecular weight is 304 g/mol. The number of fused-ring (bicyclic) bond motifs is 2. The first-order valence-corrected chi connectivity index (χ1v) is 8.95. The fraction of sp³-hybridized carbons (Fsp3) is 0.214. The zero-order chi connectivity index (χ0) is 12.8. The summed E-state index contributed by atoms with van der Waals surface area (Å²) < 4.78 is 1.24. The Morgan fingerprint density at radius 1 is 1.16 bits per heavy atom. The second kappa shape index (κ2) is 4.51. The van der Waals surface area contributed by atoms with Crippen LogP contribution in [0.25, 0.3) is 20.8 Å². The molecule has 3 heterocycles. The number of para-hydroxylation sites is 1. The molecule has 0 spiro atoms. The molecule has 3 aromatic rings. The number of aromatic nitrogens is 1. The fourth-order valence-corrected chi connectivity index (χ4v) is 5.84. The molecule has 0 unspecified atom stereocenters. The molecule has 0 saturated carbocycles.